The van der Waals surface area contributed by atoms with E-state index >= 15 is 0 Å². The molecule has 0 radical (unpaired) electrons. The van der Waals surface area contributed by atoms with Gasteiger partial charge in [0.1, 0.15) is 5.75 Å². The molecule has 24 heavy (non-hydrogen) atoms. The van der Waals surface area contributed by atoms with Gasteiger partial charge < -0.3 is 15.0 Å². The van der Waals surface area contributed by atoms with Gasteiger partial charge in [-0.05, 0) is 62.1 Å². The molecule has 0 atom stereocenters. The zero-order valence-corrected chi connectivity index (χ0v) is 14.3. The van der Waals surface area contributed by atoms with Crippen LogP contribution < -0.4 is 15.0 Å². The molecule has 4 heteroatoms. The van der Waals surface area contributed by atoms with Crippen molar-refractivity contribution in [2.75, 3.05) is 29.9 Å². The van der Waals surface area contributed by atoms with Crippen molar-refractivity contribution in [3.63, 3.8) is 0 Å². The minimum absolute atomic E-state index is 0.0121. The fourth-order valence-corrected chi connectivity index (χ4v) is 3.01. The van der Waals surface area contributed by atoms with Crippen LogP contribution in [-0.2, 0) is 4.79 Å². The minimum Gasteiger partial charge on any atom is -0.483 e. The number of anilines is 2. The molecule has 2 aromatic carbocycles. The molecule has 4 nitrogen and oxygen atoms in total. The molecule has 1 N–H and O–H groups in total. The van der Waals surface area contributed by atoms with E-state index in [2.05, 4.69) is 22.3 Å². The van der Waals surface area contributed by atoms with E-state index in [9.17, 15) is 4.79 Å². The number of rotatable bonds is 5. The summed E-state index contributed by atoms with van der Waals surface area (Å²) in [5.74, 6) is 0.601. The first-order valence-electron chi connectivity index (χ1n) is 8.47. The average molecular weight is 324 g/mol. The smallest absolute Gasteiger partial charge is 0.262 e. The van der Waals surface area contributed by atoms with Crippen LogP contribution in [0.25, 0.3) is 0 Å². The number of amides is 1. The number of hydrogen-bond donors (Lipinski definition) is 1. The van der Waals surface area contributed by atoms with Crippen LogP contribution in [0.5, 0.6) is 5.75 Å². The third-order valence-electron chi connectivity index (χ3n) is 4.41. The van der Waals surface area contributed by atoms with Crippen molar-refractivity contribution in [3.05, 3.63) is 53.6 Å². The molecule has 0 unspecified atom stereocenters. The number of nitrogens with one attached hydrogen (secondary N) is 1. The number of aryl methyl sites for hydroxylation is 2. The zero-order valence-electron chi connectivity index (χ0n) is 14.3. The lowest BCUT2D eigenvalue weighted by Crippen LogP contribution is -2.21. The lowest BCUT2D eigenvalue weighted by molar-refractivity contribution is -0.118. The van der Waals surface area contributed by atoms with Gasteiger partial charge in [0.2, 0.25) is 0 Å². The third-order valence-corrected chi connectivity index (χ3v) is 4.41. The summed E-state index contributed by atoms with van der Waals surface area (Å²) < 4.78 is 5.60. The maximum Gasteiger partial charge on any atom is 0.262 e. The second-order valence-electron chi connectivity index (χ2n) is 6.30. The van der Waals surface area contributed by atoms with E-state index in [1.165, 1.54) is 18.5 Å². The average Bonchev–Trinajstić information content (AvgIpc) is 3.10. The second kappa shape index (κ2) is 7.39. The minimum atomic E-state index is -0.143. The summed E-state index contributed by atoms with van der Waals surface area (Å²) in [6.45, 7) is 6.24. The van der Waals surface area contributed by atoms with Crippen LogP contribution in [0.15, 0.2) is 42.5 Å². The van der Waals surface area contributed by atoms with Crippen molar-refractivity contribution < 1.29 is 9.53 Å². The first kappa shape index (κ1) is 16.4. The van der Waals surface area contributed by atoms with E-state index < -0.39 is 0 Å². The fourth-order valence-electron chi connectivity index (χ4n) is 3.01. The molecule has 0 aromatic heterocycles. The van der Waals surface area contributed by atoms with Gasteiger partial charge in [0.25, 0.3) is 5.91 Å². The number of ether oxygens (including phenoxy) is 1. The molecule has 1 saturated heterocycles. The van der Waals surface area contributed by atoms with Gasteiger partial charge in [-0.25, -0.2) is 0 Å². The molecular weight excluding hydrogens is 300 g/mol. The third kappa shape index (κ3) is 3.88. The molecule has 2 aromatic rings. The number of nitrogens with zero attached hydrogens (tertiary/aromatic N) is 1. The van der Waals surface area contributed by atoms with E-state index in [1.54, 1.807) is 0 Å². The second-order valence-corrected chi connectivity index (χ2v) is 6.30. The lowest BCUT2D eigenvalue weighted by Gasteiger charge is -2.19. The largest absolute Gasteiger partial charge is 0.483 e. The monoisotopic (exact) mass is 324 g/mol. The van der Waals surface area contributed by atoms with Gasteiger partial charge >= 0.3 is 0 Å². The molecule has 0 bridgehead atoms. The Bertz CT molecular complexity index is 721. The summed E-state index contributed by atoms with van der Waals surface area (Å²) in [7, 11) is 0. The Balaban J connectivity index is 1.59. The van der Waals surface area contributed by atoms with Crippen LogP contribution in [0, 0.1) is 13.8 Å². The zero-order chi connectivity index (χ0) is 16.9. The highest BCUT2D eigenvalue weighted by atomic mass is 16.5. The number of para-hydroxylation sites is 1. The fraction of sp³-hybridized carbons (Fsp3) is 0.350. The van der Waals surface area contributed by atoms with Gasteiger partial charge in [-0.1, -0.05) is 18.2 Å². The van der Waals surface area contributed by atoms with Gasteiger partial charge in [0, 0.05) is 24.5 Å². The van der Waals surface area contributed by atoms with Crippen molar-refractivity contribution in [1.82, 2.24) is 0 Å². The molecule has 1 amide bonds. The molecule has 1 aliphatic rings. The predicted octanol–water partition coefficient (Wildman–Crippen LogP) is 3.92. The first-order valence-corrected chi connectivity index (χ1v) is 8.47. The van der Waals surface area contributed by atoms with Gasteiger partial charge in [-0.15, -0.1) is 0 Å². The van der Waals surface area contributed by atoms with Crippen LogP contribution in [-0.4, -0.2) is 25.6 Å². The summed E-state index contributed by atoms with van der Waals surface area (Å²) in [6.07, 6.45) is 2.52. The summed E-state index contributed by atoms with van der Waals surface area (Å²) in [5.41, 5.74) is 4.18. The SMILES string of the molecule is Cc1cc(N2CCCC2)ccc1NC(=O)COc1ccccc1C. The molecule has 3 rings (SSSR count). The molecule has 0 saturated carbocycles. The molecule has 1 aliphatic heterocycles. The molecule has 126 valence electrons. The summed E-state index contributed by atoms with van der Waals surface area (Å²) in [6, 6.07) is 13.9. The van der Waals surface area contributed by atoms with E-state index in [0.717, 1.165) is 35.7 Å². The quantitative estimate of drug-likeness (QED) is 0.906. The highest BCUT2D eigenvalue weighted by Crippen LogP contribution is 2.25. The number of carbonyl (C=O) groups excluding carboxylic acids is 1. The topological polar surface area (TPSA) is 41.6 Å². The van der Waals surface area contributed by atoms with Crippen LogP contribution in [0.1, 0.15) is 24.0 Å². The van der Waals surface area contributed by atoms with Gasteiger partial charge in [-0.3, -0.25) is 4.79 Å². The van der Waals surface area contributed by atoms with Crippen LogP contribution in [0.3, 0.4) is 0 Å². The highest BCUT2D eigenvalue weighted by Gasteiger charge is 2.14. The normalized spacial score (nSPS) is 13.8. The summed E-state index contributed by atoms with van der Waals surface area (Å²) in [5, 5.41) is 2.94. The first-order chi connectivity index (χ1) is 11.6. The number of carbonyl (C=O) groups is 1. The summed E-state index contributed by atoms with van der Waals surface area (Å²) >= 11 is 0. The summed E-state index contributed by atoms with van der Waals surface area (Å²) in [4.78, 5) is 14.5. The van der Waals surface area contributed by atoms with E-state index in [0.29, 0.717) is 0 Å². The maximum absolute atomic E-state index is 12.1. The van der Waals surface area contributed by atoms with Crippen molar-refractivity contribution in [2.45, 2.75) is 26.7 Å². The Hall–Kier alpha value is -2.49. The maximum atomic E-state index is 12.1. The van der Waals surface area contributed by atoms with Crippen LogP contribution in [0.4, 0.5) is 11.4 Å². The Labute approximate surface area is 143 Å². The lowest BCUT2D eigenvalue weighted by atomic mass is 10.1. The Morgan fingerprint density at radius 1 is 1.08 bits per heavy atom. The molecule has 0 spiro atoms. The molecular formula is C20H24N2O2. The number of benzene rings is 2. The Kier molecular flexibility index (Phi) is 5.04. The Morgan fingerprint density at radius 3 is 2.54 bits per heavy atom. The molecule has 1 heterocycles. The molecule has 0 aliphatic carbocycles. The van der Waals surface area contributed by atoms with E-state index in [-0.39, 0.29) is 12.5 Å². The van der Waals surface area contributed by atoms with Crippen molar-refractivity contribution in [1.29, 1.82) is 0 Å². The van der Waals surface area contributed by atoms with Gasteiger partial charge in [0.15, 0.2) is 6.61 Å². The van der Waals surface area contributed by atoms with Crippen molar-refractivity contribution in [3.8, 4) is 5.75 Å². The van der Waals surface area contributed by atoms with Crippen molar-refractivity contribution in [2.24, 2.45) is 0 Å². The van der Waals surface area contributed by atoms with Gasteiger partial charge in [-0.2, -0.15) is 0 Å². The predicted molar refractivity (Wildman–Crippen MR) is 97.9 cm³/mol. The molecule has 1 fully saturated rings. The van der Waals surface area contributed by atoms with Crippen molar-refractivity contribution >= 4 is 17.3 Å². The Morgan fingerprint density at radius 2 is 1.83 bits per heavy atom. The highest BCUT2D eigenvalue weighted by molar-refractivity contribution is 5.92. The van der Waals surface area contributed by atoms with Gasteiger partial charge in [0.05, 0.1) is 0 Å². The van der Waals surface area contributed by atoms with Crippen LogP contribution in [0.2, 0.25) is 0 Å². The van der Waals surface area contributed by atoms with Crippen LogP contribution >= 0.6 is 0 Å². The number of hydrogen-bond acceptors (Lipinski definition) is 3. The van der Waals surface area contributed by atoms with E-state index in [4.69, 9.17) is 4.74 Å². The van der Waals surface area contributed by atoms with E-state index in [1.807, 2.05) is 44.2 Å². The standard InChI is InChI=1S/C20H24N2O2/c1-15-7-3-4-8-19(15)24-14-20(23)21-18-10-9-17(13-16(18)2)22-11-5-6-12-22/h3-4,7-10,13H,5-6,11-12,14H2,1-2H3,(H,21,23).